The molecule has 1 aromatic heterocycles. The van der Waals surface area contributed by atoms with Crippen LogP contribution in [0.4, 0.5) is 0 Å². The first-order chi connectivity index (χ1) is 5.72. The molecule has 3 heteroatoms. The molecule has 0 bridgehead atoms. The first kappa shape index (κ1) is 9.13. The number of aromatic nitrogens is 1. The zero-order chi connectivity index (χ0) is 8.97. The lowest BCUT2D eigenvalue weighted by Crippen LogP contribution is -2.00. The topological polar surface area (TPSA) is 30.0 Å². The number of Topliss-reactive ketones (excluding diaryl/α,β-unsaturated/α-hetero) is 1. The van der Waals surface area contributed by atoms with Gasteiger partial charge in [0.25, 0.3) is 0 Å². The van der Waals surface area contributed by atoms with Crippen LogP contribution in [-0.2, 0) is 11.2 Å². The number of hydrogen-bond acceptors (Lipinski definition) is 3. The fourth-order valence-corrected chi connectivity index (χ4v) is 1.69. The van der Waals surface area contributed by atoms with Gasteiger partial charge in [0.15, 0.2) is 0 Å². The number of hydrogen-bond donors (Lipinski definition) is 0. The molecule has 0 aliphatic carbocycles. The van der Waals surface area contributed by atoms with E-state index in [0.717, 1.165) is 10.7 Å². The maximum atomic E-state index is 11.1. The third kappa shape index (κ3) is 2.58. The smallest absolute Gasteiger partial charge is 0.143 e. The fourth-order valence-electron chi connectivity index (χ4n) is 0.886. The molecule has 2 nitrogen and oxygen atoms in total. The number of allylic oxidation sites excluding steroid dienone is 1. The Kier molecular flexibility index (Phi) is 3.17. The van der Waals surface area contributed by atoms with Crippen molar-refractivity contribution in [3.63, 3.8) is 0 Å². The monoisotopic (exact) mass is 181 g/mol. The SMILES string of the molecule is C=CCC(=O)Cc1nc(C)cs1. The number of nitrogens with zero attached hydrogens (tertiary/aromatic N) is 1. The summed E-state index contributed by atoms with van der Waals surface area (Å²) in [6, 6.07) is 0. The van der Waals surface area contributed by atoms with Crippen molar-refractivity contribution in [1.82, 2.24) is 4.98 Å². The summed E-state index contributed by atoms with van der Waals surface area (Å²) in [6.07, 6.45) is 2.52. The van der Waals surface area contributed by atoms with Gasteiger partial charge in [-0.2, -0.15) is 0 Å². The molecule has 1 aromatic rings. The highest BCUT2D eigenvalue weighted by Crippen LogP contribution is 2.10. The van der Waals surface area contributed by atoms with Crippen LogP contribution >= 0.6 is 11.3 Å². The second kappa shape index (κ2) is 4.16. The van der Waals surface area contributed by atoms with Crippen molar-refractivity contribution in [2.75, 3.05) is 0 Å². The minimum Gasteiger partial charge on any atom is -0.299 e. The van der Waals surface area contributed by atoms with E-state index >= 15 is 0 Å². The van der Waals surface area contributed by atoms with Crippen molar-refractivity contribution in [1.29, 1.82) is 0 Å². The summed E-state index contributed by atoms with van der Waals surface area (Å²) < 4.78 is 0. The molecule has 0 aliphatic heterocycles. The summed E-state index contributed by atoms with van der Waals surface area (Å²) in [7, 11) is 0. The van der Waals surface area contributed by atoms with E-state index in [1.54, 1.807) is 6.08 Å². The Morgan fingerprint density at radius 3 is 3.08 bits per heavy atom. The molecule has 0 aromatic carbocycles. The molecule has 0 saturated carbocycles. The summed E-state index contributed by atoms with van der Waals surface area (Å²) in [6.45, 7) is 5.44. The van der Waals surface area contributed by atoms with Crippen molar-refractivity contribution in [3.05, 3.63) is 28.7 Å². The summed E-state index contributed by atoms with van der Waals surface area (Å²) >= 11 is 1.54. The van der Waals surface area contributed by atoms with Gasteiger partial charge in [0.1, 0.15) is 10.8 Å². The van der Waals surface area contributed by atoms with Crippen LogP contribution < -0.4 is 0 Å². The van der Waals surface area contributed by atoms with E-state index in [-0.39, 0.29) is 5.78 Å². The van der Waals surface area contributed by atoms with E-state index in [1.165, 1.54) is 11.3 Å². The van der Waals surface area contributed by atoms with Gasteiger partial charge in [-0.05, 0) is 6.92 Å². The zero-order valence-electron chi connectivity index (χ0n) is 7.04. The number of carbonyl (C=O) groups is 1. The molecule has 0 saturated heterocycles. The van der Waals surface area contributed by atoms with Crippen LogP contribution in [0.1, 0.15) is 17.1 Å². The molecule has 64 valence electrons. The van der Waals surface area contributed by atoms with Crippen LogP contribution in [0.25, 0.3) is 0 Å². The first-order valence-corrected chi connectivity index (χ1v) is 4.64. The number of thiazole rings is 1. The van der Waals surface area contributed by atoms with Gasteiger partial charge in [-0.25, -0.2) is 4.98 Å². The Bertz CT molecular complexity index is 290. The van der Waals surface area contributed by atoms with Crippen molar-refractivity contribution in [2.45, 2.75) is 19.8 Å². The normalized spacial score (nSPS) is 9.75. The Morgan fingerprint density at radius 2 is 2.58 bits per heavy atom. The summed E-state index contributed by atoms with van der Waals surface area (Å²) in [4.78, 5) is 15.3. The van der Waals surface area contributed by atoms with Crippen molar-refractivity contribution in [2.24, 2.45) is 0 Å². The van der Waals surface area contributed by atoms with E-state index in [1.807, 2.05) is 12.3 Å². The number of ketones is 1. The molecule has 0 spiro atoms. The molecule has 0 fully saturated rings. The number of carbonyl (C=O) groups excluding carboxylic acids is 1. The minimum absolute atomic E-state index is 0.180. The van der Waals surface area contributed by atoms with Crippen LogP contribution in [0, 0.1) is 6.92 Å². The van der Waals surface area contributed by atoms with Crippen molar-refractivity contribution < 1.29 is 4.79 Å². The molecule has 0 atom stereocenters. The standard InChI is InChI=1S/C9H11NOS/c1-3-4-8(11)5-9-10-7(2)6-12-9/h3,6H,1,4-5H2,2H3. The van der Waals surface area contributed by atoms with E-state index in [0.29, 0.717) is 12.8 Å². The summed E-state index contributed by atoms with van der Waals surface area (Å²) in [5.74, 6) is 0.180. The van der Waals surface area contributed by atoms with Crippen molar-refractivity contribution in [3.8, 4) is 0 Å². The molecule has 12 heavy (non-hydrogen) atoms. The lowest BCUT2D eigenvalue weighted by atomic mass is 10.2. The van der Waals surface area contributed by atoms with Gasteiger partial charge in [-0.15, -0.1) is 17.9 Å². The highest BCUT2D eigenvalue weighted by Gasteiger charge is 2.04. The van der Waals surface area contributed by atoms with Crippen LogP contribution in [0.2, 0.25) is 0 Å². The fraction of sp³-hybridized carbons (Fsp3) is 0.333. The van der Waals surface area contributed by atoms with Crippen LogP contribution in [-0.4, -0.2) is 10.8 Å². The molecule has 0 N–H and O–H groups in total. The predicted octanol–water partition coefficient (Wildman–Crippen LogP) is 2.14. The predicted molar refractivity (Wildman–Crippen MR) is 50.4 cm³/mol. The Labute approximate surface area is 76.0 Å². The largest absolute Gasteiger partial charge is 0.299 e. The highest BCUT2D eigenvalue weighted by atomic mass is 32.1. The average Bonchev–Trinajstić information content (AvgIpc) is 2.36. The van der Waals surface area contributed by atoms with E-state index in [2.05, 4.69) is 11.6 Å². The van der Waals surface area contributed by atoms with Crippen LogP contribution in [0.15, 0.2) is 18.0 Å². The maximum Gasteiger partial charge on any atom is 0.143 e. The van der Waals surface area contributed by atoms with E-state index in [9.17, 15) is 4.79 Å². The third-order valence-electron chi connectivity index (χ3n) is 1.39. The Morgan fingerprint density at radius 1 is 1.83 bits per heavy atom. The van der Waals surface area contributed by atoms with Crippen LogP contribution in [0.5, 0.6) is 0 Å². The van der Waals surface area contributed by atoms with Gasteiger partial charge in [-0.3, -0.25) is 4.79 Å². The average molecular weight is 181 g/mol. The van der Waals surface area contributed by atoms with Gasteiger partial charge < -0.3 is 0 Å². The molecule has 0 aliphatic rings. The Balaban J connectivity index is 2.52. The molecular formula is C9H11NOS. The molecule has 0 radical (unpaired) electrons. The van der Waals surface area contributed by atoms with Gasteiger partial charge in [0.05, 0.1) is 6.42 Å². The summed E-state index contributed by atoms with van der Waals surface area (Å²) in [5.41, 5.74) is 0.987. The van der Waals surface area contributed by atoms with Gasteiger partial charge in [0, 0.05) is 17.5 Å². The van der Waals surface area contributed by atoms with Gasteiger partial charge in [-0.1, -0.05) is 6.08 Å². The maximum absolute atomic E-state index is 11.1. The zero-order valence-corrected chi connectivity index (χ0v) is 7.86. The first-order valence-electron chi connectivity index (χ1n) is 3.76. The molecule has 0 unspecified atom stereocenters. The van der Waals surface area contributed by atoms with Gasteiger partial charge >= 0.3 is 0 Å². The molecule has 1 heterocycles. The molecular weight excluding hydrogens is 170 g/mol. The van der Waals surface area contributed by atoms with Crippen molar-refractivity contribution >= 4 is 17.1 Å². The second-order valence-corrected chi connectivity index (χ2v) is 3.53. The summed E-state index contributed by atoms with van der Waals surface area (Å²) in [5, 5.41) is 2.86. The highest BCUT2D eigenvalue weighted by molar-refractivity contribution is 7.09. The van der Waals surface area contributed by atoms with E-state index in [4.69, 9.17) is 0 Å². The lowest BCUT2D eigenvalue weighted by Gasteiger charge is -1.91. The lowest BCUT2D eigenvalue weighted by molar-refractivity contribution is -0.117. The number of rotatable bonds is 4. The Hall–Kier alpha value is -0.960. The molecule has 0 amide bonds. The quantitative estimate of drug-likeness (QED) is 0.666. The minimum atomic E-state index is 0.180. The number of aryl methyl sites for hydroxylation is 1. The third-order valence-corrected chi connectivity index (χ3v) is 2.35. The second-order valence-electron chi connectivity index (χ2n) is 2.59. The van der Waals surface area contributed by atoms with E-state index < -0.39 is 0 Å². The van der Waals surface area contributed by atoms with Crippen LogP contribution in [0.3, 0.4) is 0 Å². The molecule has 1 rings (SSSR count). The van der Waals surface area contributed by atoms with Gasteiger partial charge in [0.2, 0.25) is 0 Å².